The van der Waals surface area contributed by atoms with E-state index < -0.39 is 5.97 Å². The van der Waals surface area contributed by atoms with E-state index in [2.05, 4.69) is 4.98 Å². The van der Waals surface area contributed by atoms with Crippen LogP contribution in [0.15, 0.2) is 10.6 Å². The number of carboxylic acid groups (broad SMARTS) is 1. The monoisotopic (exact) mass is 183 g/mol. The van der Waals surface area contributed by atoms with Gasteiger partial charge in [-0.2, -0.15) is 0 Å². The first-order valence-corrected chi connectivity index (χ1v) is 4.31. The Labute approximate surface area is 76.6 Å². The van der Waals surface area contributed by atoms with Crippen molar-refractivity contribution >= 4 is 5.97 Å². The fourth-order valence-corrected chi connectivity index (χ4v) is 1.10. The van der Waals surface area contributed by atoms with Gasteiger partial charge in [-0.1, -0.05) is 0 Å². The summed E-state index contributed by atoms with van der Waals surface area (Å²) in [4.78, 5) is 14.1. The van der Waals surface area contributed by atoms with Crippen LogP contribution in [0.1, 0.15) is 30.9 Å². The van der Waals surface area contributed by atoms with Gasteiger partial charge in [-0.15, -0.1) is 0 Å². The first-order chi connectivity index (χ1) is 6.18. The Hall–Kier alpha value is -1.32. The summed E-state index contributed by atoms with van der Waals surface area (Å²) < 4.78 is 5.23. The van der Waals surface area contributed by atoms with Crippen LogP contribution < -0.4 is 0 Å². The molecule has 0 atom stereocenters. The van der Waals surface area contributed by atoms with Crippen molar-refractivity contribution in [2.75, 3.05) is 0 Å². The Balaban J connectivity index is 2.16. The van der Waals surface area contributed by atoms with Crippen molar-refractivity contribution in [3.05, 3.63) is 17.8 Å². The second-order valence-corrected chi connectivity index (χ2v) is 2.95. The molecular weight excluding hydrogens is 170 g/mol. The number of unbranched alkanes of at least 4 members (excludes halogenated alkanes) is 1. The number of hydrogen-bond acceptors (Lipinski definition) is 3. The molecule has 0 unspecified atom stereocenters. The Bertz CT molecular complexity index is 280. The van der Waals surface area contributed by atoms with Gasteiger partial charge in [0, 0.05) is 19.8 Å². The number of aliphatic carboxylic acids is 1. The summed E-state index contributed by atoms with van der Waals surface area (Å²) in [5.41, 5.74) is 0. The number of aromatic nitrogens is 1. The van der Waals surface area contributed by atoms with Crippen molar-refractivity contribution in [3.8, 4) is 0 Å². The second-order valence-electron chi connectivity index (χ2n) is 2.95. The van der Waals surface area contributed by atoms with Crippen LogP contribution in [0.25, 0.3) is 0 Å². The molecule has 4 nitrogen and oxygen atoms in total. The molecule has 0 aliphatic carbocycles. The van der Waals surface area contributed by atoms with Crippen LogP contribution in [0.5, 0.6) is 0 Å². The molecule has 0 saturated carbocycles. The summed E-state index contributed by atoms with van der Waals surface area (Å²) in [6.45, 7) is 1.79. The van der Waals surface area contributed by atoms with Crippen LogP contribution in [-0.4, -0.2) is 16.1 Å². The molecule has 0 aliphatic heterocycles. The van der Waals surface area contributed by atoms with E-state index in [1.54, 1.807) is 13.1 Å². The third-order valence-electron chi connectivity index (χ3n) is 1.73. The van der Waals surface area contributed by atoms with Crippen LogP contribution in [0.3, 0.4) is 0 Å². The molecule has 1 N–H and O–H groups in total. The zero-order valence-electron chi connectivity index (χ0n) is 7.62. The van der Waals surface area contributed by atoms with Crippen LogP contribution in [0.4, 0.5) is 0 Å². The number of carbonyl (C=O) groups is 1. The Morgan fingerprint density at radius 2 is 2.38 bits per heavy atom. The molecule has 1 aromatic heterocycles. The topological polar surface area (TPSA) is 63.3 Å². The van der Waals surface area contributed by atoms with Crippen molar-refractivity contribution in [2.45, 2.75) is 32.6 Å². The van der Waals surface area contributed by atoms with E-state index in [1.807, 2.05) is 0 Å². The average Bonchev–Trinajstić information content (AvgIpc) is 2.45. The summed E-state index contributed by atoms with van der Waals surface area (Å²) in [5.74, 6) is 0.755. The molecule has 72 valence electrons. The van der Waals surface area contributed by atoms with Gasteiger partial charge in [-0.3, -0.25) is 4.79 Å². The van der Waals surface area contributed by atoms with E-state index in [1.165, 1.54) is 0 Å². The van der Waals surface area contributed by atoms with Gasteiger partial charge in [-0.25, -0.2) is 4.98 Å². The van der Waals surface area contributed by atoms with Gasteiger partial charge >= 0.3 is 5.97 Å². The van der Waals surface area contributed by atoms with Crippen molar-refractivity contribution in [2.24, 2.45) is 0 Å². The summed E-state index contributed by atoms with van der Waals surface area (Å²) >= 11 is 0. The number of carboxylic acids is 1. The number of oxazole rings is 1. The molecule has 0 saturated heterocycles. The molecule has 0 radical (unpaired) electrons. The van der Waals surface area contributed by atoms with E-state index in [-0.39, 0.29) is 6.42 Å². The van der Waals surface area contributed by atoms with Gasteiger partial charge in [0.15, 0.2) is 5.89 Å². The third-order valence-corrected chi connectivity index (χ3v) is 1.73. The molecule has 0 aliphatic rings. The van der Waals surface area contributed by atoms with Crippen LogP contribution in [-0.2, 0) is 11.2 Å². The Morgan fingerprint density at radius 1 is 1.62 bits per heavy atom. The molecule has 0 aromatic carbocycles. The van der Waals surface area contributed by atoms with Crippen molar-refractivity contribution < 1.29 is 14.3 Å². The average molecular weight is 183 g/mol. The van der Waals surface area contributed by atoms with Crippen LogP contribution >= 0.6 is 0 Å². The van der Waals surface area contributed by atoms with Gasteiger partial charge in [0.05, 0.1) is 6.20 Å². The maximum absolute atomic E-state index is 10.2. The largest absolute Gasteiger partial charge is 0.481 e. The standard InChI is InChI=1S/C9H13NO3/c1-7-10-6-8(13-7)4-2-3-5-9(11)12/h6H,2-5H2,1H3,(H,11,12). The molecule has 1 rings (SSSR count). The van der Waals surface area contributed by atoms with Crippen LogP contribution in [0.2, 0.25) is 0 Å². The molecule has 13 heavy (non-hydrogen) atoms. The molecule has 1 heterocycles. The fourth-order valence-electron chi connectivity index (χ4n) is 1.10. The highest BCUT2D eigenvalue weighted by Crippen LogP contribution is 2.07. The van der Waals surface area contributed by atoms with Crippen molar-refractivity contribution in [3.63, 3.8) is 0 Å². The minimum absolute atomic E-state index is 0.229. The predicted octanol–water partition coefficient (Wildman–Crippen LogP) is 1.78. The zero-order chi connectivity index (χ0) is 9.68. The van der Waals surface area contributed by atoms with Gasteiger partial charge in [0.25, 0.3) is 0 Å². The molecule has 0 amide bonds. The maximum atomic E-state index is 10.2. The number of nitrogens with zero attached hydrogens (tertiary/aromatic N) is 1. The molecule has 1 aromatic rings. The smallest absolute Gasteiger partial charge is 0.303 e. The lowest BCUT2D eigenvalue weighted by molar-refractivity contribution is -0.137. The highest BCUT2D eigenvalue weighted by Gasteiger charge is 2.01. The summed E-state index contributed by atoms with van der Waals surface area (Å²) in [7, 11) is 0. The molecule has 4 heteroatoms. The predicted molar refractivity (Wildman–Crippen MR) is 46.4 cm³/mol. The zero-order valence-corrected chi connectivity index (χ0v) is 7.62. The van der Waals surface area contributed by atoms with Gasteiger partial charge in [0.1, 0.15) is 5.76 Å². The highest BCUT2D eigenvalue weighted by atomic mass is 16.4. The minimum atomic E-state index is -0.742. The first-order valence-electron chi connectivity index (χ1n) is 4.31. The van der Waals surface area contributed by atoms with E-state index in [9.17, 15) is 4.79 Å². The van der Waals surface area contributed by atoms with Gasteiger partial charge < -0.3 is 9.52 Å². The lowest BCUT2D eigenvalue weighted by Crippen LogP contribution is -1.94. The minimum Gasteiger partial charge on any atom is -0.481 e. The van der Waals surface area contributed by atoms with Gasteiger partial charge in [0.2, 0.25) is 0 Å². The van der Waals surface area contributed by atoms with E-state index in [4.69, 9.17) is 9.52 Å². The molecule has 0 spiro atoms. The Kier molecular flexibility index (Phi) is 3.49. The fraction of sp³-hybridized carbons (Fsp3) is 0.556. The number of hydrogen-bond donors (Lipinski definition) is 1. The second kappa shape index (κ2) is 4.64. The number of aryl methyl sites for hydroxylation is 2. The third kappa shape index (κ3) is 3.73. The van der Waals surface area contributed by atoms with E-state index in [0.29, 0.717) is 12.3 Å². The lowest BCUT2D eigenvalue weighted by atomic mass is 10.2. The van der Waals surface area contributed by atoms with Crippen molar-refractivity contribution in [1.82, 2.24) is 4.98 Å². The summed E-state index contributed by atoms with van der Waals surface area (Å²) in [5, 5.41) is 8.38. The maximum Gasteiger partial charge on any atom is 0.303 e. The van der Waals surface area contributed by atoms with E-state index >= 15 is 0 Å². The summed E-state index contributed by atoms with van der Waals surface area (Å²) in [6.07, 6.45) is 4.22. The van der Waals surface area contributed by atoms with Crippen LogP contribution in [0, 0.1) is 6.92 Å². The lowest BCUT2D eigenvalue weighted by Gasteiger charge is -1.94. The quantitative estimate of drug-likeness (QED) is 0.707. The van der Waals surface area contributed by atoms with E-state index in [0.717, 1.165) is 18.6 Å². The van der Waals surface area contributed by atoms with Crippen molar-refractivity contribution in [1.29, 1.82) is 0 Å². The SMILES string of the molecule is Cc1ncc(CCCCC(=O)O)o1. The summed E-state index contributed by atoms with van der Waals surface area (Å²) in [6, 6.07) is 0. The normalized spacial score (nSPS) is 10.2. The first kappa shape index (κ1) is 9.77. The number of rotatable bonds is 5. The molecular formula is C9H13NO3. The molecule has 0 fully saturated rings. The molecule has 0 bridgehead atoms. The van der Waals surface area contributed by atoms with Gasteiger partial charge in [-0.05, 0) is 12.8 Å². The Morgan fingerprint density at radius 3 is 2.92 bits per heavy atom. The highest BCUT2D eigenvalue weighted by molar-refractivity contribution is 5.66.